The minimum atomic E-state index is 0.649. The second-order valence-electron chi connectivity index (χ2n) is 5.40. The van der Waals surface area contributed by atoms with E-state index in [4.69, 9.17) is 4.42 Å². The van der Waals surface area contributed by atoms with E-state index < -0.39 is 0 Å². The number of rotatable bonds is 7. The highest BCUT2D eigenvalue weighted by Gasteiger charge is 2.06. The topological polar surface area (TPSA) is 54.2 Å². The number of furan rings is 1. The highest BCUT2D eigenvalue weighted by molar-refractivity contribution is 5.30. The van der Waals surface area contributed by atoms with Crippen LogP contribution in [0.1, 0.15) is 25.0 Å². The maximum absolute atomic E-state index is 5.06. The number of aromatic nitrogens is 2. The van der Waals surface area contributed by atoms with E-state index in [1.54, 1.807) is 12.5 Å². The first-order valence-electron chi connectivity index (χ1n) is 6.89. The number of nitrogens with one attached hydrogen (secondary N) is 1. The number of anilines is 1. The van der Waals surface area contributed by atoms with Crippen molar-refractivity contribution in [1.82, 2.24) is 15.3 Å². The summed E-state index contributed by atoms with van der Waals surface area (Å²) in [7, 11) is 1.97. The first-order valence-corrected chi connectivity index (χ1v) is 6.89. The zero-order valence-electron chi connectivity index (χ0n) is 12.3. The minimum Gasteiger partial charge on any atom is -0.472 e. The van der Waals surface area contributed by atoms with Crippen molar-refractivity contribution in [3.05, 3.63) is 42.1 Å². The molecule has 0 unspecified atom stereocenters. The maximum atomic E-state index is 5.06. The van der Waals surface area contributed by atoms with Crippen LogP contribution in [0.15, 0.2) is 35.4 Å². The third kappa shape index (κ3) is 4.35. The Labute approximate surface area is 120 Å². The van der Waals surface area contributed by atoms with E-state index in [0.29, 0.717) is 5.92 Å². The molecule has 0 aliphatic rings. The van der Waals surface area contributed by atoms with Crippen molar-refractivity contribution in [3.8, 4) is 0 Å². The smallest absolute Gasteiger partial charge is 0.225 e. The van der Waals surface area contributed by atoms with Crippen LogP contribution in [-0.2, 0) is 13.1 Å². The molecule has 2 heterocycles. The van der Waals surface area contributed by atoms with Crippen molar-refractivity contribution in [1.29, 1.82) is 0 Å². The number of hydrogen-bond donors (Lipinski definition) is 1. The fourth-order valence-corrected chi connectivity index (χ4v) is 1.87. The molecule has 0 atom stereocenters. The lowest BCUT2D eigenvalue weighted by Gasteiger charge is -2.16. The summed E-state index contributed by atoms with van der Waals surface area (Å²) in [5, 5.41) is 3.38. The molecular formula is C15H22N4O. The summed E-state index contributed by atoms with van der Waals surface area (Å²) < 4.78 is 5.06. The van der Waals surface area contributed by atoms with E-state index >= 15 is 0 Å². The zero-order chi connectivity index (χ0) is 14.4. The molecule has 2 aromatic heterocycles. The van der Waals surface area contributed by atoms with Gasteiger partial charge in [0, 0.05) is 43.7 Å². The summed E-state index contributed by atoms with van der Waals surface area (Å²) in [4.78, 5) is 10.8. The van der Waals surface area contributed by atoms with Gasteiger partial charge in [-0.05, 0) is 18.5 Å². The standard InChI is InChI=1S/C15H22N4O/c1-12(2)6-16-7-14-8-17-15(18-9-14)19(3)10-13-4-5-20-11-13/h4-5,8-9,11-12,16H,6-7,10H2,1-3H3. The Bertz CT molecular complexity index is 493. The summed E-state index contributed by atoms with van der Waals surface area (Å²) in [6, 6.07) is 1.95. The molecule has 0 amide bonds. The van der Waals surface area contributed by atoms with E-state index in [9.17, 15) is 0 Å². The van der Waals surface area contributed by atoms with Crippen molar-refractivity contribution in [2.75, 3.05) is 18.5 Å². The molecule has 0 saturated heterocycles. The van der Waals surface area contributed by atoms with Gasteiger partial charge in [-0.15, -0.1) is 0 Å². The van der Waals surface area contributed by atoms with Crippen LogP contribution in [-0.4, -0.2) is 23.6 Å². The quantitative estimate of drug-likeness (QED) is 0.840. The summed E-state index contributed by atoms with van der Waals surface area (Å²) in [5.74, 6) is 1.37. The van der Waals surface area contributed by atoms with Crippen LogP contribution in [0.3, 0.4) is 0 Å². The van der Waals surface area contributed by atoms with Crippen LogP contribution in [0.25, 0.3) is 0 Å². The molecule has 0 aliphatic heterocycles. The molecule has 0 spiro atoms. The summed E-state index contributed by atoms with van der Waals surface area (Å²) >= 11 is 0. The fraction of sp³-hybridized carbons (Fsp3) is 0.467. The lowest BCUT2D eigenvalue weighted by Crippen LogP contribution is -2.21. The van der Waals surface area contributed by atoms with Gasteiger partial charge in [0.2, 0.25) is 5.95 Å². The normalized spacial score (nSPS) is 11.0. The molecule has 20 heavy (non-hydrogen) atoms. The van der Waals surface area contributed by atoms with E-state index in [-0.39, 0.29) is 0 Å². The van der Waals surface area contributed by atoms with E-state index in [1.165, 1.54) is 0 Å². The molecular weight excluding hydrogens is 252 g/mol. The van der Waals surface area contributed by atoms with Gasteiger partial charge >= 0.3 is 0 Å². The van der Waals surface area contributed by atoms with Crippen LogP contribution in [0.5, 0.6) is 0 Å². The Morgan fingerprint density at radius 1 is 1.25 bits per heavy atom. The summed E-state index contributed by atoms with van der Waals surface area (Å²) in [6.45, 7) is 6.93. The Kier molecular flexibility index (Phi) is 5.12. The van der Waals surface area contributed by atoms with Gasteiger partial charge in [0.05, 0.1) is 12.5 Å². The largest absolute Gasteiger partial charge is 0.472 e. The molecule has 0 saturated carbocycles. The zero-order valence-corrected chi connectivity index (χ0v) is 12.3. The van der Waals surface area contributed by atoms with Crippen LogP contribution >= 0.6 is 0 Å². The van der Waals surface area contributed by atoms with Crippen molar-refractivity contribution in [2.24, 2.45) is 5.92 Å². The second-order valence-corrected chi connectivity index (χ2v) is 5.40. The Hall–Kier alpha value is -1.88. The molecule has 0 radical (unpaired) electrons. The third-order valence-electron chi connectivity index (χ3n) is 2.91. The van der Waals surface area contributed by atoms with Gasteiger partial charge in [-0.25, -0.2) is 9.97 Å². The predicted octanol–water partition coefficient (Wildman–Crippen LogP) is 2.45. The molecule has 2 aromatic rings. The van der Waals surface area contributed by atoms with Crippen LogP contribution in [0, 0.1) is 5.92 Å². The fourth-order valence-electron chi connectivity index (χ4n) is 1.87. The van der Waals surface area contributed by atoms with E-state index in [0.717, 1.165) is 36.7 Å². The Balaban J connectivity index is 1.87. The van der Waals surface area contributed by atoms with Crippen LogP contribution < -0.4 is 10.2 Å². The number of nitrogens with zero attached hydrogens (tertiary/aromatic N) is 3. The van der Waals surface area contributed by atoms with Crippen molar-refractivity contribution in [3.63, 3.8) is 0 Å². The highest BCUT2D eigenvalue weighted by atomic mass is 16.3. The number of hydrogen-bond acceptors (Lipinski definition) is 5. The first kappa shape index (κ1) is 14.5. The summed E-state index contributed by atoms with van der Waals surface area (Å²) in [6.07, 6.45) is 7.16. The molecule has 0 aliphatic carbocycles. The average molecular weight is 274 g/mol. The third-order valence-corrected chi connectivity index (χ3v) is 2.91. The van der Waals surface area contributed by atoms with Gasteiger partial charge in [0.1, 0.15) is 0 Å². The van der Waals surface area contributed by atoms with Gasteiger partial charge in [-0.3, -0.25) is 0 Å². The van der Waals surface area contributed by atoms with Crippen LogP contribution in [0.2, 0.25) is 0 Å². The predicted molar refractivity (Wildman–Crippen MR) is 79.4 cm³/mol. The molecule has 0 aromatic carbocycles. The molecule has 5 heteroatoms. The van der Waals surface area contributed by atoms with Gasteiger partial charge in [0.25, 0.3) is 0 Å². The monoisotopic (exact) mass is 274 g/mol. The van der Waals surface area contributed by atoms with E-state index in [2.05, 4.69) is 29.1 Å². The van der Waals surface area contributed by atoms with Gasteiger partial charge < -0.3 is 14.6 Å². The van der Waals surface area contributed by atoms with Gasteiger partial charge in [-0.1, -0.05) is 13.8 Å². The van der Waals surface area contributed by atoms with Crippen LogP contribution in [0.4, 0.5) is 5.95 Å². The SMILES string of the molecule is CC(C)CNCc1cnc(N(C)Cc2ccoc2)nc1. The van der Waals surface area contributed by atoms with Gasteiger partial charge in [-0.2, -0.15) is 0 Å². The molecule has 0 bridgehead atoms. The first-order chi connectivity index (χ1) is 9.65. The maximum Gasteiger partial charge on any atom is 0.225 e. The van der Waals surface area contributed by atoms with E-state index in [1.807, 2.05) is 30.4 Å². The van der Waals surface area contributed by atoms with Gasteiger partial charge in [0.15, 0.2) is 0 Å². The molecule has 108 valence electrons. The lowest BCUT2D eigenvalue weighted by atomic mass is 10.2. The molecule has 2 rings (SSSR count). The summed E-state index contributed by atoms with van der Waals surface area (Å²) in [5.41, 5.74) is 2.21. The highest BCUT2D eigenvalue weighted by Crippen LogP contribution is 2.10. The molecule has 1 N–H and O–H groups in total. The van der Waals surface area contributed by atoms with Crippen molar-refractivity contribution in [2.45, 2.75) is 26.9 Å². The van der Waals surface area contributed by atoms with Crippen molar-refractivity contribution < 1.29 is 4.42 Å². The molecule has 0 fully saturated rings. The van der Waals surface area contributed by atoms with Crippen molar-refractivity contribution >= 4 is 5.95 Å². The Morgan fingerprint density at radius 3 is 2.60 bits per heavy atom. The lowest BCUT2D eigenvalue weighted by molar-refractivity contribution is 0.551. The average Bonchev–Trinajstić information content (AvgIpc) is 2.92. The second kappa shape index (κ2) is 7.05. The Morgan fingerprint density at radius 2 is 2.00 bits per heavy atom. The minimum absolute atomic E-state index is 0.649. The molecule has 5 nitrogen and oxygen atoms in total.